The van der Waals surface area contributed by atoms with Crippen LogP contribution in [-0.2, 0) is 0 Å². The van der Waals surface area contributed by atoms with E-state index in [1.165, 1.54) is 31.4 Å². The molecule has 19 heavy (non-hydrogen) atoms. The molecule has 2 rings (SSSR count). The molecule has 0 bridgehead atoms. The second kappa shape index (κ2) is 6.90. The van der Waals surface area contributed by atoms with E-state index >= 15 is 0 Å². The van der Waals surface area contributed by atoms with Crippen molar-refractivity contribution in [2.75, 3.05) is 24.5 Å². The Bertz CT molecular complexity index is 387. The lowest BCUT2D eigenvalue weighted by Gasteiger charge is -2.23. The molecule has 1 aromatic heterocycles. The third kappa shape index (κ3) is 4.20. The smallest absolute Gasteiger partial charge is 0.128 e. The lowest BCUT2D eigenvalue weighted by Crippen LogP contribution is -2.26. The zero-order valence-electron chi connectivity index (χ0n) is 12.5. The van der Waals surface area contributed by atoms with Crippen LogP contribution in [0.25, 0.3) is 0 Å². The zero-order chi connectivity index (χ0) is 13.7. The van der Waals surface area contributed by atoms with Crippen LogP contribution in [0.1, 0.15) is 51.6 Å². The van der Waals surface area contributed by atoms with Crippen LogP contribution < -0.4 is 10.2 Å². The molecule has 1 aliphatic rings. The maximum Gasteiger partial charge on any atom is 0.128 e. The van der Waals surface area contributed by atoms with E-state index in [0.717, 1.165) is 24.8 Å². The number of anilines is 1. The zero-order valence-corrected chi connectivity index (χ0v) is 12.5. The molecule has 3 nitrogen and oxygen atoms in total. The summed E-state index contributed by atoms with van der Waals surface area (Å²) in [6.45, 7) is 9.93. The molecular formula is C16H27N3. The van der Waals surface area contributed by atoms with Gasteiger partial charge in [0.15, 0.2) is 0 Å². The highest BCUT2D eigenvalue weighted by atomic mass is 15.2. The Kier molecular flexibility index (Phi) is 5.20. The van der Waals surface area contributed by atoms with Gasteiger partial charge in [0.2, 0.25) is 0 Å². The van der Waals surface area contributed by atoms with Crippen molar-refractivity contribution in [3.05, 3.63) is 23.9 Å². The van der Waals surface area contributed by atoms with Gasteiger partial charge in [0.05, 0.1) is 0 Å². The first-order valence-electron chi connectivity index (χ1n) is 7.68. The Morgan fingerprint density at radius 2 is 2.21 bits per heavy atom. The average Bonchev–Trinajstić information content (AvgIpc) is 3.26. The number of hydrogen-bond donors (Lipinski definition) is 1. The van der Waals surface area contributed by atoms with Gasteiger partial charge < -0.3 is 10.2 Å². The largest absolute Gasteiger partial charge is 0.357 e. The van der Waals surface area contributed by atoms with E-state index in [4.69, 9.17) is 0 Å². The third-order valence-corrected chi connectivity index (χ3v) is 3.85. The molecule has 0 aromatic carbocycles. The summed E-state index contributed by atoms with van der Waals surface area (Å²) in [4.78, 5) is 6.96. The molecule has 0 aliphatic heterocycles. The molecule has 0 saturated heterocycles. The molecule has 1 saturated carbocycles. The molecule has 106 valence electrons. The van der Waals surface area contributed by atoms with Crippen LogP contribution in [0.4, 0.5) is 5.82 Å². The summed E-state index contributed by atoms with van der Waals surface area (Å²) in [7, 11) is 0. The molecule has 1 heterocycles. The van der Waals surface area contributed by atoms with Crippen molar-refractivity contribution >= 4 is 5.82 Å². The Hall–Kier alpha value is -1.09. The SMILES string of the molecule is CCCNC(C)c1ccnc(N(CC)CC2CC2)c1. The van der Waals surface area contributed by atoms with Gasteiger partial charge in [-0.2, -0.15) is 0 Å². The van der Waals surface area contributed by atoms with Crippen molar-refractivity contribution in [2.24, 2.45) is 5.92 Å². The maximum absolute atomic E-state index is 4.55. The number of pyridine rings is 1. The molecule has 1 N–H and O–H groups in total. The Morgan fingerprint density at radius 3 is 2.84 bits per heavy atom. The van der Waals surface area contributed by atoms with Gasteiger partial charge in [-0.3, -0.25) is 0 Å². The Balaban J connectivity index is 2.03. The summed E-state index contributed by atoms with van der Waals surface area (Å²) < 4.78 is 0. The van der Waals surface area contributed by atoms with Crippen molar-refractivity contribution in [1.82, 2.24) is 10.3 Å². The van der Waals surface area contributed by atoms with Gasteiger partial charge in [-0.1, -0.05) is 6.92 Å². The molecule has 3 heteroatoms. The summed E-state index contributed by atoms with van der Waals surface area (Å²) in [5.41, 5.74) is 1.34. The molecule has 0 amide bonds. The Morgan fingerprint density at radius 1 is 1.42 bits per heavy atom. The van der Waals surface area contributed by atoms with Crippen LogP contribution in [0.15, 0.2) is 18.3 Å². The van der Waals surface area contributed by atoms with E-state index < -0.39 is 0 Å². The van der Waals surface area contributed by atoms with Crippen molar-refractivity contribution in [3.8, 4) is 0 Å². The molecular weight excluding hydrogens is 234 g/mol. The van der Waals surface area contributed by atoms with Crippen LogP contribution >= 0.6 is 0 Å². The molecule has 1 fully saturated rings. The standard InChI is InChI=1S/C16H27N3/c1-4-9-17-13(3)15-8-10-18-16(11-15)19(5-2)12-14-6-7-14/h8,10-11,13-14,17H,4-7,9,12H2,1-3H3. The second-order valence-electron chi connectivity index (χ2n) is 5.61. The Labute approximate surface area is 117 Å². The first-order chi connectivity index (χ1) is 9.24. The highest BCUT2D eigenvalue weighted by Crippen LogP contribution is 2.31. The molecule has 0 spiro atoms. The van der Waals surface area contributed by atoms with E-state index in [2.05, 4.69) is 48.1 Å². The van der Waals surface area contributed by atoms with Gasteiger partial charge in [-0.15, -0.1) is 0 Å². The van der Waals surface area contributed by atoms with Gasteiger partial charge in [0, 0.05) is 25.3 Å². The van der Waals surface area contributed by atoms with E-state index in [-0.39, 0.29) is 0 Å². The number of rotatable bonds is 8. The normalized spacial score (nSPS) is 16.4. The second-order valence-corrected chi connectivity index (χ2v) is 5.61. The van der Waals surface area contributed by atoms with Gasteiger partial charge >= 0.3 is 0 Å². The minimum Gasteiger partial charge on any atom is -0.357 e. The predicted octanol–water partition coefficient (Wildman–Crippen LogP) is 3.38. The summed E-state index contributed by atoms with van der Waals surface area (Å²) >= 11 is 0. The minimum atomic E-state index is 0.404. The van der Waals surface area contributed by atoms with Gasteiger partial charge in [-0.05, 0) is 63.3 Å². The van der Waals surface area contributed by atoms with Crippen LogP contribution in [0.3, 0.4) is 0 Å². The molecule has 0 radical (unpaired) electrons. The van der Waals surface area contributed by atoms with E-state index in [0.29, 0.717) is 6.04 Å². The van der Waals surface area contributed by atoms with Gasteiger partial charge in [0.1, 0.15) is 5.82 Å². The highest BCUT2D eigenvalue weighted by Gasteiger charge is 2.24. The first kappa shape index (κ1) is 14.3. The topological polar surface area (TPSA) is 28.2 Å². The summed E-state index contributed by atoms with van der Waals surface area (Å²) in [5.74, 6) is 2.04. The predicted molar refractivity (Wildman–Crippen MR) is 81.6 cm³/mol. The number of nitrogens with one attached hydrogen (secondary N) is 1. The molecule has 1 unspecified atom stereocenters. The number of nitrogens with zero attached hydrogens (tertiary/aromatic N) is 2. The van der Waals surface area contributed by atoms with Crippen molar-refractivity contribution in [2.45, 2.75) is 46.1 Å². The first-order valence-corrected chi connectivity index (χ1v) is 7.68. The van der Waals surface area contributed by atoms with Crippen LogP contribution in [0.5, 0.6) is 0 Å². The fourth-order valence-corrected chi connectivity index (χ4v) is 2.35. The lowest BCUT2D eigenvalue weighted by atomic mass is 10.1. The summed E-state index contributed by atoms with van der Waals surface area (Å²) in [6, 6.07) is 4.78. The monoisotopic (exact) mass is 261 g/mol. The average molecular weight is 261 g/mol. The van der Waals surface area contributed by atoms with Gasteiger partial charge in [-0.25, -0.2) is 4.98 Å². The summed E-state index contributed by atoms with van der Waals surface area (Å²) in [6.07, 6.45) is 5.91. The number of aromatic nitrogens is 1. The van der Waals surface area contributed by atoms with E-state index in [1.54, 1.807) is 0 Å². The van der Waals surface area contributed by atoms with Crippen molar-refractivity contribution in [3.63, 3.8) is 0 Å². The van der Waals surface area contributed by atoms with Crippen molar-refractivity contribution in [1.29, 1.82) is 0 Å². The minimum absolute atomic E-state index is 0.404. The summed E-state index contributed by atoms with van der Waals surface area (Å²) in [5, 5.41) is 3.54. The van der Waals surface area contributed by atoms with Crippen molar-refractivity contribution < 1.29 is 0 Å². The van der Waals surface area contributed by atoms with Crippen LogP contribution in [0, 0.1) is 5.92 Å². The maximum atomic E-state index is 4.55. The van der Waals surface area contributed by atoms with Gasteiger partial charge in [0.25, 0.3) is 0 Å². The molecule has 1 aromatic rings. The quantitative estimate of drug-likeness (QED) is 0.777. The van der Waals surface area contributed by atoms with E-state index in [1.807, 2.05) is 6.20 Å². The highest BCUT2D eigenvalue weighted by molar-refractivity contribution is 5.42. The number of hydrogen-bond acceptors (Lipinski definition) is 3. The lowest BCUT2D eigenvalue weighted by molar-refractivity contribution is 0.570. The third-order valence-electron chi connectivity index (χ3n) is 3.85. The van der Waals surface area contributed by atoms with Crippen LogP contribution in [0.2, 0.25) is 0 Å². The fourth-order valence-electron chi connectivity index (χ4n) is 2.35. The fraction of sp³-hybridized carbons (Fsp3) is 0.688. The van der Waals surface area contributed by atoms with Crippen LogP contribution in [-0.4, -0.2) is 24.6 Å². The molecule has 1 aliphatic carbocycles. The molecule has 1 atom stereocenters. The van der Waals surface area contributed by atoms with E-state index in [9.17, 15) is 0 Å².